The molecule has 0 amide bonds. The molecule has 0 spiro atoms. The average Bonchev–Trinajstić information content (AvgIpc) is 3.40. The molecule has 1 N–H and O–H groups in total. The molecule has 3 heterocycles. The summed E-state index contributed by atoms with van der Waals surface area (Å²) in [7, 11) is 3.21. The highest BCUT2D eigenvalue weighted by molar-refractivity contribution is 5.85. The van der Waals surface area contributed by atoms with E-state index in [-0.39, 0.29) is 12.4 Å². The molecule has 2 aromatic heterocycles. The van der Waals surface area contributed by atoms with Crippen molar-refractivity contribution in [3.63, 3.8) is 0 Å². The molecule has 0 unspecified atom stereocenters. The average molecular weight is 392 g/mol. The molecular formula is C18H22ClN5O3. The van der Waals surface area contributed by atoms with Crippen molar-refractivity contribution >= 4 is 12.4 Å². The van der Waals surface area contributed by atoms with Crippen LogP contribution in [0.4, 0.5) is 0 Å². The van der Waals surface area contributed by atoms with E-state index >= 15 is 0 Å². The summed E-state index contributed by atoms with van der Waals surface area (Å²) >= 11 is 0. The van der Waals surface area contributed by atoms with Crippen molar-refractivity contribution in [1.29, 1.82) is 0 Å². The SMILES string of the molecule is COc1ccc(-c2noc(C3(n4cccn4)CCNCC3)n2)cc1OC.Cl. The van der Waals surface area contributed by atoms with Crippen LogP contribution in [0.25, 0.3) is 11.4 Å². The van der Waals surface area contributed by atoms with E-state index in [9.17, 15) is 0 Å². The Balaban J connectivity index is 0.00000210. The van der Waals surface area contributed by atoms with Gasteiger partial charge >= 0.3 is 0 Å². The summed E-state index contributed by atoms with van der Waals surface area (Å²) in [4.78, 5) is 4.70. The van der Waals surface area contributed by atoms with E-state index < -0.39 is 5.54 Å². The van der Waals surface area contributed by atoms with Crippen molar-refractivity contribution in [2.75, 3.05) is 27.3 Å². The molecule has 1 fully saturated rings. The molecule has 1 saturated heterocycles. The van der Waals surface area contributed by atoms with Gasteiger partial charge in [0.2, 0.25) is 5.82 Å². The molecule has 9 heteroatoms. The Bertz CT molecular complexity index is 875. The van der Waals surface area contributed by atoms with Crippen molar-refractivity contribution in [3.05, 3.63) is 42.5 Å². The highest BCUT2D eigenvalue weighted by Gasteiger charge is 2.41. The van der Waals surface area contributed by atoms with E-state index in [4.69, 9.17) is 19.0 Å². The molecule has 0 radical (unpaired) electrons. The van der Waals surface area contributed by atoms with Crippen LogP contribution in [-0.4, -0.2) is 47.2 Å². The van der Waals surface area contributed by atoms with E-state index in [0.29, 0.717) is 23.2 Å². The zero-order chi connectivity index (χ0) is 18.0. The summed E-state index contributed by atoms with van der Waals surface area (Å²) < 4.78 is 18.3. The normalized spacial score (nSPS) is 15.8. The van der Waals surface area contributed by atoms with E-state index in [1.54, 1.807) is 20.4 Å². The number of halogens is 1. The Morgan fingerprint density at radius 1 is 1.15 bits per heavy atom. The molecule has 0 aliphatic carbocycles. The van der Waals surface area contributed by atoms with Gasteiger partial charge in [-0.15, -0.1) is 12.4 Å². The maximum absolute atomic E-state index is 5.69. The van der Waals surface area contributed by atoms with Gasteiger partial charge in [-0.1, -0.05) is 5.16 Å². The summed E-state index contributed by atoms with van der Waals surface area (Å²) in [6, 6.07) is 7.48. The predicted molar refractivity (Wildman–Crippen MR) is 101 cm³/mol. The van der Waals surface area contributed by atoms with Crippen LogP contribution in [0.15, 0.2) is 41.2 Å². The minimum absolute atomic E-state index is 0. The molecule has 144 valence electrons. The molecule has 1 aliphatic heterocycles. The molecule has 1 aliphatic rings. The zero-order valence-electron chi connectivity index (χ0n) is 15.2. The number of hydrogen-bond acceptors (Lipinski definition) is 7. The van der Waals surface area contributed by atoms with Crippen LogP contribution in [0, 0.1) is 0 Å². The van der Waals surface area contributed by atoms with Gasteiger partial charge in [0, 0.05) is 18.0 Å². The van der Waals surface area contributed by atoms with Crippen molar-refractivity contribution in [2.24, 2.45) is 0 Å². The first-order valence-corrected chi connectivity index (χ1v) is 8.54. The Hall–Kier alpha value is -2.58. The highest BCUT2D eigenvalue weighted by atomic mass is 35.5. The lowest BCUT2D eigenvalue weighted by Crippen LogP contribution is -2.45. The molecular weight excluding hydrogens is 370 g/mol. The number of nitrogens with one attached hydrogen (secondary N) is 1. The van der Waals surface area contributed by atoms with Crippen LogP contribution in [0.2, 0.25) is 0 Å². The first kappa shape index (κ1) is 19.2. The molecule has 27 heavy (non-hydrogen) atoms. The van der Waals surface area contributed by atoms with E-state index in [1.807, 2.05) is 35.1 Å². The second-order valence-corrected chi connectivity index (χ2v) is 6.23. The number of ether oxygens (including phenoxy) is 2. The quantitative estimate of drug-likeness (QED) is 0.714. The number of piperidine rings is 1. The van der Waals surface area contributed by atoms with E-state index in [1.165, 1.54) is 0 Å². The van der Waals surface area contributed by atoms with Crippen LogP contribution in [0.5, 0.6) is 11.5 Å². The molecule has 8 nitrogen and oxygen atoms in total. The van der Waals surface area contributed by atoms with Gasteiger partial charge < -0.3 is 19.3 Å². The first-order valence-electron chi connectivity index (χ1n) is 8.54. The zero-order valence-corrected chi connectivity index (χ0v) is 16.0. The Labute approximate surface area is 163 Å². The van der Waals surface area contributed by atoms with Crippen molar-refractivity contribution in [1.82, 2.24) is 25.2 Å². The van der Waals surface area contributed by atoms with Crippen LogP contribution in [0.1, 0.15) is 18.7 Å². The minimum atomic E-state index is -0.420. The third kappa shape index (κ3) is 3.38. The first-order chi connectivity index (χ1) is 12.8. The molecule has 3 aromatic rings. The monoisotopic (exact) mass is 391 g/mol. The van der Waals surface area contributed by atoms with Gasteiger partial charge in [0.25, 0.3) is 5.89 Å². The fourth-order valence-electron chi connectivity index (χ4n) is 3.41. The van der Waals surface area contributed by atoms with E-state index in [0.717, 1.165) is 31.5 Å². The summed E-state index contributed by atoms with van der Waals surface area (Å²) in [5.74, 6) is 2.38. The lowest BCUT2D eigenvalue weighted by molar-refractivity contribution is 0.172. The second-order valence-electron chi connectivity index (χ2n) is 6.23. The van der Waals surface area contributed by atoms with E-state index in [2.05, 4.69) is 15.6 Å². The summed E-state index contributed by atoms with van der Waals surface area (Å²) in [5.41, 5.74) is 0.388. The van der Waals surface area contributed by atoms with Gasteiger partial charge in [0.15, 0.2) is 11.5 Å². The largest absolute Gasteiger partial charge is 0.493 e. The van der Waals surface area contributed by atoms with Crippen molar-refractivity contribution < 1.29 is 14.0 Å². The minimum Gasteiger partial charge on any atom is -0.493 e. The third-order valence-corrected chi connectivity index (χ3v) is 4.84. The smallest absolute Gasteiger partial charge is 0.255 e. The second kappa shape index (κ2) is 7.98. The van der Waals surface area contributed by atoms with Gasteiger partial charge in [0.05, 0.1) is 14.2 Å². The number of rotatable bonds is 5. The Morgan fingerprint density at radius 3 is 2.59 bits per heavy atom. The number of aromatic nitrogens is 4. The number of hydrogen-bond donors (Lipinski definition) is 1. The van der Waals surface area contributed by atoms with Gasteiger partial charge in [-0.2, -0.15) is 10.1 Å². The number of methoxy groups -OCH3 is 2. The molecule has 0 atom stereocenters. The molecule has 4 rings (SSSR count). The van der Waals surface area contributed by atoms with Crippen molar-refractivity contribution in [3.8, 4) is 22.9 Å². The number of benzene rings is 1. The predicted octanol–water partition coefficient (Wildman–Crippen LogP) is 2.50. The fourth-order valence-corrected chi connectivity index (χ4v) is 3.41. The topological polar surface area (TPSA) is 87.2 Å². The Kier molecular flexibility index (Phi) is 5.67. The van der Waals surface area contributed by atoms with Gasteiger partial charge in [-0.25, -0.2) is 0 Å². The Morgan fingerprint density at radius 2 is 1.93 bits per heavy atom. The van der Waals surface area contributed by atoms with Crippen LogP contribution in [0.3, 0.4) is 0 Å². The summed E-state index contributed by atoms with van der Waals surface area (Å²) in [6.45, 7) is 1.74. The van der Waals surface area contributed by atoms with Crippen LogP contribution < -0.4 is 14.8 Å². The van der Waals surface area contributed by atoms with Gasteiger partial charge in [-0.3, -0.25) is 4.68 Å². The van der Waals surface area contributed by atoms with Crippen LogP contribution >= 0.6 is 12.4 Å². The maximum Gasteiger partial charge on any atom is 0.255 e. The molecule has 0 bridgehead atoms. The van der Waals surface area contributed by atoms with Crippen molar-refractivity contribution in [2.45, 2.75) is 18.4 Å². The number of nitrogens with zero attached hydrogens (tertiary/aromatic N) is 4. The lowest BCUT2D eigenvalue weighted by atomic mass is 9.88. The molecule has 1 aromatic carbocycles. The summed E-state index contributed by atoms with van der Waals surface area (Å²) in [6.07, 6.45) is 5.39. The lowest BCUT2D eigenvalue weighted by Gasteiger charge is -2.34. The summed E-state index contributed by atoms with van der Waals surface area (Å²) in [5, 5.41) is 12.0. The fraction of sp³-hybridized carbons (Fsp3) is 0.389. The van der Waals surface area contributed by atoms with Crippen LogP contribution in [-0.2, 0) is 5.54 Å². The maximum atomic E-state index is 5.69. The highest BCUT2D eigenvalue weighted by Crippen LogP contribution is 2.36. The molecule has 0 saturated carbocycles. The standard InChI is InChI=1S/C18H21N5O3.ClH/c1-24-14-5-4-13(12-15(14)25-2)16-21-17(26-22-16)18(6-9-19-10-7-18)23-11-3-8-20-23;/h3-5,8,11-12,19H,6-7,9-10H2,1-2H3;1H. The van der Waals surface area contributed by atoms with Gasteiger partial charge in [0.1, 0.15) is 5.54 Å². The van der Waals surface area contributed by atoms with Gasteiger partial charge in [-0.05, 0) is 50.2 Å². The third-order valence-electron chi connectivity index (χ3n) is 4.84.